The van der Waals surface area contributed by atoms with E-state index < -0.39 is 0 Å². The number of piperidine rings is 1. The topological polar surface area (TPSA) is 46.0 Å². The van der Waals surface area contributed by atoms with Crippen LogP contribution in [0.4, 0.5) is 0 Å². The highest BCUT2D eigenvalue weighted by atomic mass is 16.5. The van der Waals surface area contributed by atoms with Crippen LogP contribution in [-0.4, -0.2) is 48.3 Å². The van der Waals surface area contributed by atoms with Gasteiger partial charge in [0.05, 0.1) is 24.3 Å². The van der Waals surface area contributed by atoms with E-state index in [4.69, 9.17) is 14.7 Å². The van der Waals surface area contributed by atoms with E-state index in [2.05, 4.69) is 35.8 Å². The molecule has 294 valence electrons. The maximum atomic E-state index is 7.43. The Balaban J connectivity index is 0.882. The molecular weight excluding hydrogens is 659 g/mol. The summed E-state index contributed by atoms with van der Waals surface area (Å²) in [6.45, 7) is 0. The highest BCUT2D eigenvalue weighted by molar-refractivity contribution is 5.91. The third kappa shape index (κ3) is 5.38. The van der Waals surface area contributed by atoms with Crippen molar-refractivity contribution >= 4 is 11.9 Å². The Labute approximate surface area is 328 Å². The summed E-state index contributed by atoms with van der Waals surface area (Å²) in [5, 5.41) is 4.49. The average molecular weight is 732 g/mol. The second kappa shape index (κ2) is 13.9. The maximum absolute atomic E-state index is 7.43. The Hall–Kier alpha value is -1.26. The Morgan fingerprint density at radius 2 is 1.44 bits per heavy atom. The van der Waals surface area contributed by atoms with Gasteiger partial charge in [0.2, 0.25) is 0 Å². The lowest BCUT2D eigenvalue weighted by atomic mass is 9.46. The van der Waals surface area contributed by atoms with Crippen molar-refractivity contribution < 1.29 is 4.74 Å². The van der Waals surface area contributed by atoms with Gasteiger partial charge in [0, 0.05) is 23.7 Å². The van der Waals surface area contributed by atoms with Crippen LogP contribution < -0.4 is 5.32 Å². The number of hydrogen-bond acceptors (Lipinski definition) is 4. The van der Waals surface area contributed by atoms with Gasteiger partial charge >= 0.3 is 0 Å². The minimum atomic E-state index is 0.353. The summed E-state index contributed by atoms with van der Waals surface area (Å²) >= 11 is 0. The standard InChI is InChI=1S/C50H73N3O/c1-2-10-36-30(8-1)15-16-32-20-24-43(52-47(32)36)35-22-26-46-42(29-35)50(40-13-5-6-14-45(40)54-46)39-12-4-3-11-37(39)38-23-19-34(28-41(38)50)44-25-21-33-18-17-31-9-7-27-51-48(31)49(33)53-44/h1,8,22,26-27,30-46,48-49,53H,2-7,9-21,23-25,28-29H2. The zero-order chi connectivity index (χ0) is 35.4. The van der Waals surface area contributed by atoms with E-state index in [1.165, 1.54) is 154 Å². The molecule has 0 aromatic heterocycles. The van der Waals surface area contributed by atoms with Crippen LogP contribution in [-0.2, 0) is 4.74 Å². The first-order valence-electron chi connectivity index (χ1n) is 24.6. The zero-order valence-corrected chi connectivity index (χ0v) is 33.6. The van der Waals surface area contributed by atoms with Crippen LogP contribution in [0.25, 0.3) is 0 Å². The molecule has 4 heteroatoms. The van der Waals surface area contributed by atoms with Crippen molar-refractivity contribution in [2.45, 2.75) is 190 Å². The minimum absolute atomic E-state index is 0.353. The van der Waals surface area contributed by atoms with Crippen molar-refractivity contribution in [3.05, 3.63) is 24.3 Å². The second-order valence-electron chi connectivity index (χ2n) is 21.9. The molecule has 2 saturated heterocycles. The number of nitrogens with zero attached hydrogens (tertiary/aromatic N) is 2. The molecule has 4 aliphatic heterocycles. The van der Waals surface area contributed by atoms with E-state index in [1.807, 2.05) is 0 Å². The second-order valence-corrected chi connectivity index (χ2v) is 21.9. The smallest absolute Gasteiger partial charge is 0.0793 e. The molecule has 12 aliphatic rings. The van der Waals surface area contributed by atoms with Gasteiger partial charge in [-0.3, -0.25) is 9.98 Å². The lowest BCUT2D eigenvalue weighted by Gasteiger charge is -2.63. The number of ether oxygens (including phenoxy) is 1. The molecule has 20 unspecified atom stereocenters. The number of aliphatic imine (C=N–C) groups is 2. The molecule has 12 rings (SSSR count). The molecule has 6 saturated carbocycles. The van der Waals surface area contributed by atoms with Crippen LogP contribution in [0.1, 0.15) is 154 Å². The summed E-state index contributed by atoms with van der Waals surface area (Å²) in [6, 6.07) is 2.45. The van der Waals surface area contributed by atoms with Crippen molar-refractivity contribution in [2.75, 3.05) is 0 Å². The lowest BCUT2D eigenvalue weighted by molar-refractivity contribution is -0.228. The third-order valence-corrected chi connectivity index (χ3v) is 20.2. The Morgan fingerprint density at radius 1 is 0.611 bits per heavy atom. The van der Waals surface area contributed by atoms with Crippen molar-refractivity contribution in [2.24, 2.45) is 92.3 Å². The number of hydrogen-bond donors (Lipinski definition) is 1. The van der Waals surface area contributed by atoms with Crippen LogP contribution in [0.2, 0.25) is 0 Å². The normalized spacial score (nSPS) is 55.9. The molecule has 0 aromatic carbocycles. The molecule has 4 nitrogen and oxygen atoms in total. The van der Waals surface area contributed by atoms with Gasteiger partial charge in [0.25, 0.3) is 0 Å². The summed E-state index contributed by atoms with van der Waals surface area (Å²) in [4.78, 5) is 11.2. The predicted octanol–water partition coefficient (Wildman–Crippen LogP) is 11.0. The molecule has 8 fully saturated rings. The van der Waals surface area contributed by atoms with Gasteiger partial charge < -0.3 is 10.1 Å². The summed E-state index contributed by atoms with van der Waals surface area (Å²) in [6.07, 6.45) is 47.7. The fraction of sp³-hybridized carbons (Fsp3) is 0.880. The molecular formula is C50H73N3O. The minimum Gasteiger partial charge on any atom is -0.370 e. The summed E-state index contributed by atoms with van der Waals surface area (Å²) in [7, 11) is 0. The van der Waals surface area contributed by atoms with Crippen molar-refractivity contribution in [3.63, 3.8) is 0 Å². The first kappa shape index (κ1) is 34.8. The molecule has 1 spiro atoms. The molecule has 54 heavy (non-hydrogen) atoms. The molecule has 20 atom stereocenters. The Kier molecular flexibility index (Phi) is 8.97. The van der Waals surface area contributed by atoms with E-state index in [-0.39, 0.29) is 0 Å². The van der Waals surface area contributed by atoms with E-state index in [9.17, 15) is 0 Å². The number of allylic oxidation sites excluding steroid dienone is 2. The largest absolute Gasteiger partial charge is 0.370 e. The van der Waals surface area contributed by atoms with Gasteiger partial charge in [-0.2, -0.15) is 0 Å². The third-order valence-electron chi connectivity index (χ3n) is 20.2. The van der Waals surface area contributed by atoms with Gasteiger partial charge in [-0.1, -0.05) is 50.0 Å². The quantitative estimate of drug-likeness (QED) is 0.288. The number of fused-ring (bicyclic) bond motifs is 15. The highest BCUT2D eigenvalue weighted by Gasteiger charge is 2.70. The first-order valence-corrected chi connectivity index (χ1v) is 24.6. The van der Waals surface area contributed by atoms with Crippen molar-refractivity contribution in [1.82, 2.24) is 5.32 Å². The van der Waals surface area contributed by atoms with Crippen LogP contribution in [0, 0.1) is 82.3 Å². The summed E-state index contributed by atoms with van der Waals surface area (Å²) in [5.74, 6) is 10.8. The molecule has 8 aliphatic carbocycles. The fourth-order valence-electron chi connectivity index (χ4n) is 18.3. The van der Waals surface area contributed by atoms with Crippen LogP contribution in [0.3, 0.4) is 0 Å². The molecule has 0 radical (unpaired) electrons. The number of rotatable bonds is 2. The van der Waals surface area contributed by atoms with Gasteiger partial charge in [-0.05, 0) is 211 Å². The predicted molar refractivity (Wildman–Crippen MR) is 220 cm³/mol. The average Bonchev–Trinajstić information content (AvgIpc) is 3.53. The molecule has 0 aromatic rings. The molecule has 0 bridgehead atoms. The lowest BCUT2D eigenvalue weighted by Crippen LogP contribution is -2.63. The van der Waals surface area contributed by atoms with E-state index >= 15 is 0 Å². The number of nitrogens with one attached hydrogen (secondary N) is 1. The van der Waals surface area contributed by atoms with E-state index in [0.29, 0.717) is 47.6 Å². The van der Waals surface area contributed by atoms with Gasteiger partial charge in [0.1, 0.15) is 0 Å². The molecule has 4 heterocycles. The van der Waals surface area contributed by atoms with Crippen molar-refractivity contribution in [3.8, 4) is 0 Å². The maximum Gasteiger partial charge on any atom is 0.0793 e. The fourth-order valence-corrected chi connectivity index (χ4v) is 18.3. The Morgan fingerprint density at radius 3 is 2.43 bits per heavy atom. The summed E-state index contributed by atoms with van der Waals surface area (Å²) in [5.41, 5.74) is 2.17. The summed E-state index contributed by atoms with van der Waals surface area (Å²) < 4.78 is 7.43. The molecule has 1 N–H and O–H groups in total. The van der Waals surface area contributed by atoms with Crippen LogP contribution >= 0.6 is 0 Å². The zero-order valence-electron chi connectivity index (χ0n) is 33.6. The first-order chi connectivity index (χ1) is 26.7. The highest BCUT2D eigenvalue weighted by Crippen LogP contribution is 2.74. The van der Waals surface area contributed by atoms with Crippen LogP contribution in [0.5, 0.6) is 0 Å². The monoisotopic (exact) mass is 732 g/mol. The van der Waals surface area contributed by atoms with Gasteiger partial charge in [-0.25, -0.2) is 0 Å². The Bertz CT molecular complexity index is 1530. The van der Waals surface area contributed by atoms with Gasteiger partial charge in [-0.15, -0.1) is 0 Å². The van der Waals surface area contributed by atoms with Gasteiger partial charge in [0.15, 0.2) is 0 Å². The molecule has 0 amide bonds. The van der Waals surface area contributed by atoms with E-state index in [0.717, 1.165) is 71.1 Å². The van der Waals surface area contributed by atoms with Crippen molar-refractivity contribution in [1.29, 1.82) is 0 Å². The van der Waals surface area contributed by atoms with Crippen LogP contribution in [0.15, 0.2) is 34.3 Å². The SMILES string of the molecule is C1=CC2CCC3CCC(C4C=CC5OC6CCCCC6C6(C5C4)C4CCCCC4C4CCC(C5CCC7CCC8CCC=NC8C7N5)CC46)N=C3C2CC1. The van der Waals surface area contributed by atoms with E-state index in [1.54, 1.807) is 5.71 Å².